The minimum absolute atomic E-state index is 0.117. The van der Waals surface area contributed by atoms with Crippen molar-refractivity contribution < 1.29 is 13.5 Å². The van der Waals surface area contributed by atoms with E-state index in [1.54, 1.807) is 6.92 Å². The van der Waals surface area contributed by atoms with Crippen molar-refractivity contribution in [1.82, 2.24) is 4.31 Å². The van der Waals surface area contributed by atoms with Gasteiger partial charge in [-0.3, -0.25) is 0 Å². The molecule has 0 bridgehead atoms. The molecule has 1 unspecified atom stereocenters. The Hall–Kier alpha value is -0.820. The first kappa shape index (κ1) is 14.6. The van der Waals surface area contributed by atoms with E-state index in [4.69, 9.17) is 17.3 Å². The average Bonchev–Trinajstić information content (AvgIpc) is 2.33. The van der Waals surface area contributed by atoms with Gasteiger partial charge in [0.05, 0.1) is 11.0 Å². The first-order chi connectivity index (χ1) is 8.82. The summed E-state index contributed by atoms with van der Waals surface area (Å²) >= 11 is 5.88. The number of sulfonamides is 1. The first-order valence-corrected chi connectivity index (χ1v) is 7.88. The van der Waals surface area contributed by atoms with E-state index in [9.17, 15) is 13.5 Å². The van der Waals surface area contributed by atoms with Gasteiger partial charge < -0.3 is 10.8 Å². The van der Waals surface area contributed by atoms with E-state index in [0.29, 0.717) is 35.7 Å². The van der Waals surface area contributed by atoms with Gasteiger partial charge in [-0.15, -0.1) is 0 Å². The molecule has 1 aromatic carbocycles. The van der Waals surface area contributed by atoms with Crippen LogP contribution in [0.2, 0.25) is 5.02 Å². The molecule has 1 aromatic rings. The highest BCUT2D eigenvalue weighted by molar-refractivity contribution is 7.89. The van der Waals surface area contributed by atoms with Crippen molar-refractivity contribution in [2.45, 2.75) is 30.8 Å². The number of nitrogens with zero attached hydrogens (tertiary/aromatic N) is 1. The fourth-order valence-electron chi connectivity index (χ4n) is 2.22. The Morgan fingerprint density at radius 2 is 2.16 bits per heavy atom. The third-order valence-corrected chi connectivity index (χ3v) is 5.55. The second kappa shape index (κ2) is 5.28. The number of hydrogen-bond acceptors (Lipinski definition) is 4. The van der Waals surface area contributed by atoms with Crippen LogP contribution >= 0.6 is 11.6 Å². The lowest BCUT2D eigenvalue weighted by atomic mass is 10.1. The number of aliphatic hydroxyl groups excluding tert-OH is 1. The molecule has 5 nitrogen and oxygen atoms in total. The topological polar surface area (TPSA) is 83.6 Å². The fourth-order valence-corrected chi connectivity index (χ4v) is 4.31. The van der Waals surface area contributed by atoms with E-state index in [2.05, 4.69) is 0 Å². The summed E-state index contributed by atoms with van der Waals surface area (Å²) in [7, 11) is -3.66. The maximum absolute atomic E-state index is 12.6. The second-order valence-electron chi connectivity index (χ2n) is 4.78. The van der Waals surface area contributed by atoms with Gasteiger partial charge in [-0.05, 0) is 37.5 Å². The molecule has 0 aliphatic carbocycles. The Morgan fingerprint density at radius 3 is 2.79 bits per heavy atom. The molecule has 0 radical (unpaired) electrons. The second-order valence-corrected chi connectivity index (χ2v) is 7.12. The van der Waals surface area contributed by atoms with Crippen molar-refractivity contribution in [3.63, 3.8) is 0 Å². The Balaban J connectivity index is 2.45. The third-order valence-electron chi connectivity index (χ3n) is 3.34. The molecule has 1 saturated heterocycles. The summed E-state index contributed by atoms with van der Waals surface area (Å²) < 4.78 is 26.4. The minimum Gasteiger partial charge on any atom is -0.398 e. The summed E-state index contributed by atoms with van der Waals surface area (Å²) in [6.07, 6.45) is 0.665. The highest BCUT2D eigenvalue weighted by atomic mass is 35.5. The zero-order valence-corrected chi connectivity index (χ0v) is 12.2. The Bertz CT molecular complexity index is 589. The predicted molar refractivity (Wildman–Crippen MR) is 74.6 cm³/mol. The number of anilines is 1. The van der Waals surface area contributed by atoms with Crippen molar-refractivity contribution in [1.29, 1.82) is 0 Å². The molecule has 2 rings (SSSR count). The van der Waals surface area contributed by atoms with Crippen LogP contribution in [0.3, 0.4) is 0 Å². The summed E-state index contributed by atoms with van der Waals surface area (Å²) in [4.78, 5) is 0.117. The molecule has 1 atom stereocenters. The van der Waals surface area contributed by atoms with Gasteiger partial charge in [0.2, 0.25) is 10.0 Å². The lowest BCUT2D eigenvalue weighted by Crippen LogP contribution is -2.42. The molecule has 3 N–H and O–H groups in total. The normalized spacial score (nSPS) is 21.5. The van der Waals surface area contributed by atoms with Crippen LogP contribution in [0.5, 0.6) is 0 Å². The SMILES string of the molecule is Cc1c(N)cc(Cl)cc1S(=O)(=O)N1CCCC(O)C1. The summed E-state index contributed by atoms with van der Waals surface area (Å²) in [5, 5.41) is 9.90. The maximum Gasteiger partial charge on any atom is 0.243 e. The lowest BCUT2D eigenvalue weighted by molar-refractivity contribution is 0.108. The van der Waals surface area contributed by atoms with E-state index in [0.717, 1.165) is 0 Å². The van der Waals surface area contributed by atoms with Gasteiger partial charge in [-0.2, -0.15) is 4.31 Å². The van der Waals surface area contributed by atoms with Crippen molar-refractivity contribution in [2.75, 3.05) is 18.8 Å². The van der Waals surface area contributed by atoms with Crippen LogP contribution in [0, 0.1) is 6.92 Å². The Kier molecular flexibility index (Phi) is 4.06. The predicted octanol–water partition coefficient (Wildman–Crippen LogP) is 1.38. The highest BCUT2D eigenvalue weighted by Crippen LogP contribution is 2.29. The van der Waals surface area contributed by atoms with E-state index < -0.39 is 16.1 Å². The summed E-state index contributed by atoms with van der Waals surface area (Å²) in [6, 6.07) is 2.94. The fraction of sp³-hybridized carbons (Fsp3) is 0.500. The molecule has 0 amide bonds. The van der Waals surface area contributed by atoms with Gasteiger partial charge in [0, 0.05) is 23.8 Å². The van der Waals surface area contributed by atoms with E-state index in [1.165, 1.54) is 16.4 Å². The lowest BCUT2D eigenvalue weighted by Gasteiger charge is -2.29. The van der Waals surface area contributed by atoms with Crippen molar-refractivity contribution >= 4 is 27.3 Å². The number of benzene rings is 1. The number of β-amino-alcohol motifs (C(OH)–C–C–N with tert-alkyl or cyclic N) is 1. The summed E-state index contributed by atoms with van der Waals surface area (Å²) in [5.74, 6) is 0. The number of nitrogens with two attached hydrogens (primary N) is 1. The first-order valence-electron chi connectivity index (χ1n) is 6.06. The van der Waals surface area contributed by atoms with Crippen molar-refractivity contribution in [3.05, 3.63) is 22.7 Å². The molecular formula is C12H17ClN2O3S. The van der Waals surface area contributed by atoms with Crippen LogP contribution in [0.15, 0.2) is 17.0 Å². The third kappa shape index (κ3) is 2.86. The minimum atomic E-state index is -3.66. The molecule has 1 aliphatic heterocycles. The quantitative estimate of drug-likeness (QED) is 0.809. The largest absolute Gasteiger partial charge is 0.398 e. The Labute approximate surface area is 118 Å². The zero-order chi connectivity index (χ0) is 14.2. The average molecular weight is 305 g/mol. The van der Waals surface area contributed by atoms with Gasteiger partial charge in [-0.25, -0.2) is 8.42 Å². The monoisotopic (exact) mass is 304 g/mol. The van der Waals surface area contributed by atoms with Crippen LogP contribution < -0.4 is 5.73 Å². The molecule has 1 fully saturated rings. The molecule has 0 spiro atoms. The molecular weight excluding hydrogens is 288 g/mol. The molecule has 0 aromatic heterocycles. The van der Waals surface area contributed by atoms with E-state index >= 15 is 0 Å². The van der Waals surface area contributed by atoms with Crippen molar-refractivity contribution in [3.8, 4) is 0 Å². The highest BCUT2D eigenvalue weighted by Gasteiger charge is 2.31. The molecule has 0 saturated carbocycles. The van der Waals surface area contributed by atoms with Crippen LogP contribution in [0.1, 0.15) is 18.4 Å². The molecule has 19 heavy (non-hydrogen) atoms. The molecule has 106 valence electrons. The molecule has 1 heterocycles. The number of hydrogen-bond donors (Lipinski definition) is 2. The maximum atomic E-state index is 12.6. The smallest absolute Gasteiger partial charge is 0.243 e. The van der Waals surface area contributed by atoms with E-state index in [-0.39, 0.29) is 11.4 Å². The molecule has 7 heteroatoms. The van der Waals surface area contributed by atoms with Crippen molar-refractivity contribution in [2.24, 2.45) is 0 Å². The molecule has 1 aliphatic rings. The van der Waals surface area contributed by atoms with Crippen LogP contribution in [-0.2, 0) is 10.0 Å². The Morgan fingerprint density at radius 1 is 1.47 bits per heavy atom. The number of piperidine rings is 1. The van der Waals surface area contributed by atoms with Crippen LogP contribution in [0.25, 0.3) is 0 Å². The standard InChI is InChI=1S/C12H17ClN2O3S/c1-8-11(14)5-9(13)6-12(8)19(17,18)15-4-2-3-10(16)7-15/h5-6,10,16H,2-4,7,14H2,1H3. The van der Waals surface area contributed by atoms with Gasteiger partial charge in [0.15, 0.2) is 0 Å². The number of rotatable bonds is 2. The zero-order valence-electron chi connectivity index (χ0n) is 10.6. The van der Waals surface area contributed by atoms with Gasteiger partial charge in [-0.1, -0.05) is 11.6 Å². The van der Waals surface area contributed by atoms with Crippen LogP contribution in [0.4, 0.5) is 5.69 Å². The summed E-state index contributed by atoms with van der Waals surface area (Å²) in [5.41, 5.74) is 6.60. The number of halogens is 1. The van der Waals surface area contributed by atoms with Gasteiger partial charge in [0.25, 0.3) is 0 Å². The van der Waals surface area contributed by atoms with Gasteiger partial charge in [0.1, 0.15) is 0 Å². The van der Waals surface area contributed by atoms with Gasteiger partial charge >= 0.3 is 0 Å². The van der Waals surface area contributed by atoms with E-state index in [1.807, 2.05) is 0 Å². The summed E-state index contributed by atoms with van der Waals surface area (Å²) in [6.45, 7) is 2.18. The van der Waals surface area contributed by atoms with Crippen LogP contribution in [-0.4, -0.2) is 37.0 Å². The number of nitrogen functional groups attached to an aromatic ring is 1. The number of aliphatic hydroxyl groups is 1.